The fraction of sp³-hybridized carbons (Fsp3) is 0.500. The van der Waals surface area contributed by atoms with Gasteiger partial charge in [0.2, 0.25) is 5.91 Å². The molecule has 0 aliphatic heterocycles. The van der Waals surface area contributed by atoms with Crippen molar-refractivity contribution in [2.75, 3.05) is 11.4 Å². The van der Waals surface area contributed by atoms with Gasteiger partial charge in [-0.05, 0) is 46.2 Å². The molecular weight excluding hydrogens is 330 g/mol. The number of amides is 1. The van der Waals surface area contributed by atoms with Crippen LogP contribution in [-0.2, 0) is 11.3 Å². The molecule has 1 amide bonds. The van der Waals surface area contributed by atoms with Crippen molar-refractivity contribution >= 4 is 23.4 Å². The second-order valence-electron chi connectivity index (χ2n) is 6.25. The van der Waals surface area contributed by atoms with Crippen LogP contribution in [0.15, 0.2) is 35.5 Å². The topological polar surface area (TPSA) is 38.1 Å². The number of aryl methyl sites for hydroxylation is 1. The average Bonchev–Trinajstić information content (AvgIpc) is 2.88. The highest BCUT2D eigenvalue weighted by Crippen LogP contribution is 2.28. The van der Waals surface area contributed by atoms with Crippen LogP contribution in [0.3, 0.4) is 0 Å². The predicted octanol–water partition coefficient (Wildman–Crippen LogP) is 4.83. The molecule has 0 spiro atoms. The number of aromatic nitrogens is 2. The lowest BCUT2D eigenvalue weighted by atomic mass is 10.2. The van der Waals surface area contributed by atoms with E-state index in [2.05, 4.69) is 18.4 Å². The zero-order valence-corrected chi connectivity index (χ0v) is 16.8. The molecule has 1 unspecified atom stereocenters. The van der Waals surface area contributed by atoms with E-state index in [-0.39, 0.29) is 11.2 Å². The summed E-state index contributed by atoms with van der Waals surface area (Å²) in [6.45, 7) is 11.9. The van der Waals surface area contributed by atoms with Crippen LogP contribution in [0.2, 0.25) is 0 Å². The highest BCUT2D eigenvalue weighted by atomic mass is 32.2. The van der Waals surface area contributed by atoms with Gasteiger partial charge < -0.3 is 9.47 Å². The molecule has 1 atom stereocenters. The van der Waals surface area contributed by atoms with Crippen molar-refractivity contribution in [1.82, 2.24) is 9.55 Å². The molecule has 0 fully saturated rings. The summed E-state index contributed by atoms with van der Waals surface area (Å²) in [5.74, 6) is 0.124. The van der Waals surface area contributed by atoms with E-state index in [1.807, 2.05) is 56.0 Å². The Morgan fingerprint density at radius 2 is 1.92 bits per heavy atom. The fourth-order valence-electron chi connectivity index (χ4n) is 2.79. The van der Waals surface area contributed by atoms with E-state index in [1.54, 1.807) is 11.8 Å². The molecule has 1 aromatic carbocycles. The van der Waals surface area contributed by atoms with Gasteiger partial charge in [0.15, 0.2) is 5.16 Å². The standard InChI is InChI=1S/C20H29N3OS/c1-6-8-14-23-16(4)15(3)21-20(23)25-17(5)19(24)22(7-2)18-12-10-9-11-13-18/h9-13,17H,6-8,14H2,1-5H3. The number of rotatable bonds is 8. The lowest BCUT2D eigenvalue weighted by molar-refractivity contribution is -0.117. The molecule has 0 N–H and O–H groups in total. The SMILES string of the molecule is CCCCn1c(SC(C)C(=O)N(CC)c2ccccc2)nc(C)c1C. The van der Waals surface area contributed by atoms with Crippen LogP contribution >= 0.6 is 11.8 Å². The lowest BCUT2D eigenvalue weighted by Crippen LogP contribution is -2.36. The predicted molar refractivity (Wildman–Crippen MR) is 106 cm³/mol. The Labute approximate surface area is 155 Å². The zero-order chi connectivity index (χ0) is 18.4. The number of nitrogens with zero attached hydrogens (tertiary/aromatic N) is 3. The number of unbranched alkanes of at least 4 members (excludes halogenated alkanes) is 1. The second-order valence-corrected chi connectivity index (χ2v) is 7.56. The maximum atomic E-state index is 13.0. The first-order valence-electron chi connectivity index (χ1n) is 9.06. The third kappa shape index (κ3) is 4.66. The number of hydrogen-bond acceptors (Lipinski definition) is 3. The number of carbonyl (C=O) groups excluding carboxylic acids is 1. The van der Waals surface area contributed by atoms with Gasteiger partial charge in [0.25, 0.3) is 0 Å². The van der Waals surface area contributed by atoms with Crippen LogP contribution in [0, 0.1) is 13.8 Å². The summed E-state index contributed by atoms with van der Waals surface area (Å²) < 4.78 is 2.26. The third-order valence-corrected chi connectivity index (χ3v) is 5.52. The first-order chi connectivity index (χ1) is 12.0. The molecule has 25 heavy (non-hydrogen) atoms. The summed E-state index contributed by atoms with van der Waals surface area (Å²) in [4.78, 5) is 19.5. The summed E-state index contributed by atoms with van der Waals surface area (Å²) in [6.07, 6.45) is 2.27. The molecule has 5 heteroatoms. The van der Waals surface area contributed by atoms with Crippen molar-refractivity contribution in [3.63, 3.8) is 0 Å². The Hall–Kier alpha value is -1.75. The Morgan fingerprint density at radius 1 is 1.24 bits per heavy atom. The Balaban J connectivity index is 2.17. The normalized spacial score (nSPS) is 12.2. The number of hydrogen-bond donors (Lipinski definition) is 0. The summed E-state index contributed by atoms with van der Waals surface area (Å²) in [7, 11) is 0. The van der Waals surface area contributed by atoms with Gasteiger partial charge in [-0.25, -0.2) is 4.98 Å². The van der Waals surface area contributed by atoms with E-state index in [0.29, 0.717) is 6.54 Å². The van der Waals surface area contributed by atoms with Gasteiger partial charge in [0.1, 0.15) is 0 Å². The molecule has 0 aliphatic rings. The van der Waals surface area contributed by atoms with Crippen LogP contribution in [0.5, 0.6) is 0 Å². The molecule has 0 radical (unpaired) electrons. The summed E-state index contributed by atoms with van der Waals surface area (Å²) in [5, 5.41) is 0.773. The van der Waals surface area contributed by atoms with Crippen molar-refractivity contribution < 1.29 is 4.79 Å². The van der Waals surface area contributed by atoms with Crippen LogP contribution in [0.25, 0.3) is 0 Å². The smallest absolute Gasteiger partial charge is 0.240 e. The van der Waals surface area contributed by atoms with Crippen LogP contribution < -0.4 is 4.90 Å². The van der Waals surface area contributed by atoms with Gasteiger partial charge in [-0.2, -0.15) is 0 Å². The number of imidazole rings is 1. The quantitative estimate of drug-likeness (QED) is 0.633. The minimum Gasteiger partial charge on any atom is -0.323 e. The molecule has 2 rings (SSSR count). The molecule has 2 aromatic rings. The van der Waals surface area contributed by atoms with Crippen LogP contribution in [-0.4, -0.2) is 27.3 Å². The van der Waals surface area contributed by atoms with Crippen LogP contribution in [0.1, 0.15) is 45.0 Å². The van der Waals surface area contributed by atoms with Gasteiger partial charge in [0.05, 0.1) is 10.9 Å². The largest absolute Gasteiger partial charge is 0.323 e. The van der Waals surface area contributed by atoms with E-state index in [1.165, 1.54) is 5.69 Å². The van der Waals surface area contributed by atoms with E-state index < -0.39 is 0 Å². The van der Waals surface area contributed by atoms with Gasteiger partial charge in [-0.3, -0.25) is 4.79 Å². The second kappa shape index (κ2) is 9.09. The van der Waals surface area contributed by atoms with E-state index in [4.69, 9.17) is 4.98 Å². The third-order valence-electron chi connectivity index (χ3n) is 4.44. The van der Waals surface area contributed by atoms with Crippen molar-refractivity contribution in [1.29, 1.82) is 0 Å². The molecule has 1 aromatic heterocycles. The highest BCUT2D eigenvalue weighted by molar-refractivity contribution is 8.00. The Kier molecular flexibility index (Phi) is 7.12. The summed E-state index contributed by atoms with van der Waals surface area (Å²) in [6, 6.07) is 9.86. The van der Waals surface area contributed by atoms with Crippen molar-refractivity contribution in [3.8, 4) is 0 Å². The number of carbonyl (C=O) groups is 1. The molecule has 0 saturated heterocycles. The lowest BCUT2D eigenvalue weighted by Gasteiger charge is -2.24. The first kappa shape index (κ1) is 19.6. The molecule has 4 nitrogen and oxygen atoms in total. The van der Waals surface area contributed by atoms with Crippen molar-refractivity contribution in [2.24, 2.45) is 0 Å². The summed E-state index contributed by atoms with van der Waals surface area (Å²) >= 11 is 1.56. The minimum absolute atomic E-state index is 0.124. The zero-order valence-electron chi connectivity index (χ0n) is 16.0. The average molecular weight is 360 g/mol. The fourth-order valence-corrected chi connectivity index (χ4v) is 3.88. The monoisotopic (exact) mass is 359 g/mol. The number of anilines is 1. The molecule has 0 bridgehead atoms. The molecule has 1 heterocycles. The van der Waals surface area contributed by atoms with E-state index in [0.717, 1.165) is 35.9 Å². The minimum atomic E-state index is -0.179. The maximum Gasteiger partial charge on any atom is 0.240 e. The van der Waals surface area contributed by atoms with Crippen molar-refractivity contribution in [3.05, 3.63) is 41.7 Å². The van der Waals surface area contributed by atoms with Gasteiger partial charge in [0, 0.05) is 24.5 Å². The summed E-state index contributed by atoms with van der Waals surface area (Å²) in [5.41, 5.74) is 3.20. The van der Waals surface area contributed by atoms with Gasteiger partial charge >= 0.3 is 0 Å². The number of para-hydroxylation sites is 1. The molecular formula is C20H29N3OS. The van der Waals surface area contributed by atoms with E-state index >= 15 is 0 Å². The van der Waals surface area contributed by atoms with Crippen molar-refractivity contribution in [2.45, 2.75) is 64.4 Å². The Morgan fingerprint density at radius 3 is 2.52 bits per heavy atom. The Bertz CT molecular complexity index is 696. The van der Waals surface area contributed by atoms with Gasteiger partial charge in [-0.1, -0.05) is 43.3 Å². The van der Waals surface area contributed by atoms with Crippen LogP contribution in [0.4, 0.5) is 5.69 Å². The highest BCUT2D eigenvalue weighted by Gasteiger charge is 2.24. The molecule has 136 valence electrons. The van der Waals surface area contributed by atoms with Gasteiger partial charge in [-0.15, -0.1) is 0 Å². The number of thioether (sulfide) groups is 1. The van der Waals surface area contributed by atoms with E-state index in [9.17, 15) is 4.79 Å². The molecule has 0 aliphatic carbocycles. The first-order valence-corrected chi connectivity index (χ1v) is 9.94. The number of benzene rings is 1. The maximum absolute atomic E-state index is 13.0. The molecule has 0 saturated carbocycles.